The van der Waals surface area contributed by atoms with Gasteiger partial charge in [0.2, 0.25) is 0 Å². The van der Waals surface area contributed by atoms with Crippen LogP contribution >= 0.6 is 0 Å². The number of aliphatic imine (C=N–C) groups is 1. The lowest BCUT2D eigenvalue weighted by molar-refractivity contribution is 0.129. The average Bonchev–Trinajstić information content (AvgIpc) is 2.97. The fourth-order valence-electron chi connectivity index (χ4n) is 3.02. The highest BCUT2D eigenvalue weighted by atomic mass is 16.5. The van der Waals surface area contributed by atoms with Gasteiger partial charge in [-0.15, -0.1) is 0 Å². The summed E-state index contributed by atoms with van der Waals surface area (Å²) in [5.41, 5.74) is 4.72. The molecule has 0 bridgehead atoms. The number of nitrogens with zero attached hydrogens (tertiary/aromatic N) is 3. The number of rotatable bonds is 11. The zero-order chi connectivity index (χ0) is 20.2. The maximum atomic E-state index is 5.59. The lowest BCUT2D eigenvalue weighted by atomic mass is 10.2. The van der Waals surface area contributed by atoms with Crippen molar-refractivity contribution in [1.82, 2.24) is 20.4 Å². The zero-order valence-electron chi connectivity index (χ0n) is 17.8. The summed E-state index contributed by atoms with van der Waals surface area (Å²) in [6, 6.07) is 10.4. The number of ether oxygens (including phenoxy) is 1. The molecule has 1 aromatic heterocycles. The van der Waals surface area contributed by atoms with Gasteiger partial charge in [0.15, 0.2) is 5.96 Å². The monoisotopic (exact) mass is 385 g/mol. The summed E-state index contributed by atoms with van der Waals surface area (Å²) < 4.78 is 7.67. The Morgan fingerprint density at radius 2 is 1.86 bits per heavy atom. The van der Waals surface area contributed by atoms with Crippen molar-refractivity contribution in [2.45, 2.75) is 53.1 Å². The second-order valence-electron chi connectivity index (χ2n) is 6.96. The van der Waals surface area contributed by atoms with Crippen LogP contribution in [-0.4, -0.2) is 42.5 Å². The molecular formula is C22H35N5O. The second-order valence-corrected chi connectivity index (χ2v) is 6.96. The van der Waals surface area contributed by atoms with E-state index in [1.54, 1.807) is 7.05 Å². The van der Waals surface area contributed by atoms with Crippen LogP contribution in [0.4, 0.5) is 0 Å². The molecule has 0 atom stereocenters. The lowest BCUT2D eigenvalue weighted by Gasteiger charge is -2.12. The number of hydrogen-bond donors (Lipinski definition) is 2. The molecule has 6 heteroatoms. The third kappa shape index (κ3) is 7.00. The number of aryl methyl sites for hydroxylation is 1. The van der Waals surface area contributed by atoms with Gasteiger partial charge in [-0.05, 0) is 32.3 Å². The van der Waals surface area contributed by atoms with Crippen LogP contribution in [0.15, 0.2) is 35.3 Å². The predicted molar refractivity (Wildman–Crippen MR) is 116 cm³/mol. The van der Waals surface area contributed by atoms with Crippen molar-refractivity contribution in [3.63, 3.8) is 0 Å². The van der Waals surface area contributed by atoms with E-state index >= 15 is 0 Å². The molecule has 2 N–H and O–H groups in total. The third-order valence-electron chi connectivity index (χ3n) is 4.76. The van der Waals surface area contributed by atoms with Crippen LogP contribution in [0.5, 0.6) is 0 Å². The highest BCUT2D eigenvalue weighted by Gasteiger charge is 2.12. The Bertz CT molecular complexity index is 724. The standard InChI is InChI=1S/C22H35N5O/c1-5-6-14-28-15-10-13-24-22(23-4)25-16-21-18(2)26-27(19(21)3)17-20-11-8-7-9-12-20/h7-9,11-12H,5-6,10,13-17H2,1-4H3,(H2,23,24,25). The molecule has 1 aromatic carbocycles. The Balaban J connectivity index is 1.80. The van der Waals surface area contributed by atoms with E-state index in [2.05, 4.69) is 65.3 Å². The molecule has 28 heavy (non-hydrogen) atoms. The van der Waals surface area contributed by atoms with Crippen molar-refractivity contribution in [1.29, 1.82) is 0 Å². The molecule has 0 aliphatic heterocycles. The molecule has 6 nitrogen and oxygen atoms in total. The average molecular weight is 386 g/mol. The van der Waals surface area contributed by atoms with E-state index in [0.717, 1.165) is 50.8 Å². The summed E-state index contributed by atoms with van der Waals surface area (Å²) in [5.74, 6) is 0.808. The molecule has 0 saturated heterocycles. The topological polar surface area (TPSA) is 63.5 Å². The summed E-state index contributed by atoms with van der Waals surface area (Å²) in [5, 5.41) is 11.5. The molecule has 0 aliphatic carbocycles. The number of aromatic nitrogens is 2. The highest BCUT2D eigenvalue weighted by Crippen LogP contribution is 2.14. The first-order valence-electron chi connectivity index (χ1n) is 10.2. The van der Waals surface area contributed by atoms with Crippen LogP contribution in [-0.2, 0) is 17.8 Å². The SMILES string of the molecule is CCCCOCCCNC(=NC)NCc1c(C)nn(Cc2ccccc2)c1C. The predicted octanol–water partition coefficient (Wildman–Crippen LogP) is 3.42. The second kappa shape index (κ2) is 12.2. The summed E-state index contributed by atoms with van der Waals surface area (Å²) in [4.78, 5) is 4.31. The first-order chi connectivity index (χ1) is 13.7. The molecule has 0 aliphatic rings. The minimum atomic E-state index is 0.707. The van der Waals surface area contributed by atoms with E-state index in [1.165, 1.54) is 23.2 Å². The van der Waals surface area contributed by atoms with Gasteiger partial charge in [0.05, 0.1) is 12.2 Å². The number of guanidine groups is 1. The van der Waals surface area contributed by atoms with Crippen LogP contribution in [0.1, 0.15) is 48.7 Å². The van der Waals surface area contributed by atoms with Crippen molar-refractivity contribution in [3.05, 3.63) is 52.8 Å². The summed E-state index contributed by atoms with van der Waals surface area (Å²) >= 11 is 0. The van der Waals surface area contributed by atoms with Crippen LogP contribution < -0.4 is 10.6 Å². The van der Waals surface area contributed by atoms with Gasteiger partial charge in [-0.3, -0.25) is 9.67 Å². The van der Waals surface area contributed by atoms with E-state index in [1.807, 2.05) is 6.07 Å². The van der Waals surface area contributed by atoms with E-state index in [0.29, 0.717) is 6.54 Å². The van der Waals surface area contributed by atoms with Crippen LogP contribution in [0.3, 0.4) is 0 Å². The van der Waals surface area contributed by atoms with E-state index in [-0.39, 0.29) is 0 Å². The zero-order valence-corrected chi connectivity index (χ0v) is 17.8. The van der Waals surface area contributed by atoms with Gasteiger partial charge in [0.1, 0.15) is 0 Å². The van der Waals surface area contributed by atoms with Gasteiger partial charge in [-0.1, -0.05) is 43.7 Å². The Labute approximate surface area is 169 Å². The molecule has 0 saturated carbocycles. The van der Waals surface area contributed by atoms with Gasteiger partial charge in [0.25, 0.3) is 0 Å². The quantitative estimate of drug-likeness (QED) is 0.353. The van der Waals surface area contributed by atoms with Gasteiger partial charge >= 0.3 is 0 Å². The lowest BCUT2D eigenvalue weighted by Crippen LogP contribution is -2.37. The third-order valence-corrected chi connectivity index (χ3v) is 4.76. The first kappa shape index (κ1) is 22.0. The Morgan fingerprint density at radius 3 is 2.57 bits per heavy atom. The maximum absolute atomic E-state index is 5.59. The van der Waals surface area contributed by atoms with Crippen LogP contribution in [0.25, 0.3) is 0 Å². The van der Waals surface area contributed by atoms with Crippen molar-refractivity contribution < 1.29 is 4.74 Å². The normalized spacial score (nSPS) is 11.6. The largest absolute Gasteiger partial charge is 0.381 e. The molecule has 0 unspecified atom stereocenters. The van der Waals surface area contributed by atoms with E-state index < -0.39 is 0 Å². The number of hydrogen-bond acceptors (Lipinski definition) is 3. The van der Waals surface area contributed by atoms with E-state index in [4.69, 9.17) is 9.84 Å². The van der Waals surface area contributed by atoms with Crippen molar-refractivity contribution >= 4 is 5.96 Å². The smallest absolute Gasteiger partial charge is 0.191 e. The summed E-state index contributed by atoms with van der Waals surface area (Å²) in [6.45, 7) is 10.4. The number of benzene rings is 1. The van der Waals surface area contributed by atoms with Gasteiger partial charge in [0, 0.05) is 44.6 Å². The Morgan fingerprint density at radius 1 is 1.11 bits per heavy atom. The minimum Gasteiger partial charge on any atom is -0.381 e. The van der Waals surface area contributed by atoms with Crippen molar-refractivity contribution in [2.24, 2.45) is 4.99 Å². The van der Waals surface area contributed by atoms with Gasteiger partial charge in [-0.2, -0.15) is 5.10 Å². The molecule has 154 valence electrons. The van der Waals surface area contributed by atoms with Gasteiger partial charge in [-0.25, -0.2) is 0 Å². The molecule has 0 amide bonds. The fraction of sp³-hybridized carbons (Fsp3) is 0.545. The van der Waals surface area contributed by atoms with Crippen molar-refractivity contribution in [2.75, 3.05) is 26.8 Å². The van der Waals surface area contributed by atoms with E-state index in [9.17, 15) is 0 Å². The Kier molecular flexibility index (Phi) is 9.55. The van der Waals surface area contributed by atoms with Gasteiger partial charge < -0.3 is 15.4 Å². The Hall–Kier alpha value is -2.34. The maximum Gasteiger partial charge on any atom is 0.191 e. The number of unbranched alkanes of at least 4 members (excludes halogenated alkanes) is 1. The minimum absolute atomic E-state index is 0.707. The molecular weight excluding hydrogens is 350 g/mol. The van der Waals surface area contributed by atoms with Crippen LogP contribution in [0, 0.1) is 13.8 Å². The van der Waals surface area contributed by atoms with Crippen molar-refractivity contribution in [3.8, 4) is 0 Å². The molecule has 1 heterocycles. The molecule has 0 spiro atoms. The molecule has 2 rings (SSSR count). The molecule has 0 radical (unpaired) electrons. The fourth-order valence-corrected chi connectivity index (χ4v) is 3.02. The molecule has 2 aromatic rings. The first-order valence-corrected chi connectivity index (χ1v) is 10.2. The summed E-state index contributed by atoms with van der Waals surface area (Å²) in [7, 11) is 1.80. The molecule has 0 fully saturated rings. The number of nitrogens with one attached hydrogen (secondary N) is 2. The summed E-state index contributed by atoms with van der Waals surface area (Å²) in [6.07, 6.45) is 3.28. The van der Waals surface area contributed by atoms with Crippen LogP contribution in [0.2, 0.25) is 0 Å². The highest BCUT2D eigenvalue weighted by molar-refractivity contribution is 5.79.